The Morgan fingerprint density at radius 2 is 1.80 bits per heavy atom. The molecule has 0 amide bonds. The monoisotopic (exact) mass is 426 g/mol. The van der Waals surface area contributed by atoms with E-state index in [1.165, 1.54) is 25.3 Å². The fourth-order valence-corrected chi connectivity index (χ4v) is 2.64. The van der Waals surface area contributed by atoms with Crippen LogP contribution in [-0.2, 0) is 4.74 Å². The minimum atomic E-state index is -0.644. The van der Waals surface area contributed by atoms with E-state index in [-0.39, 0.29) is 11.3 Å². The average Bonchev–Trinajstić information content (AvgIpc) is 2.61. The fraction of sp³-hybridized carbons (Fsp3) is 0.222. The van der Waals surface area contributed by atoms with Gasteiger partial charge >= 0.3 is 11.9 Å². The molecule has 0 atom stereocenters. The molecule has 0 radical (unpaired) electrons. The molecule has 0 unspecified atom stereocenters. The van der Waals surface area contributed by atoms with Gasteiger partial charge in [-0.3, -0.25) is 0 Å². The van der Waals surface area contributed by atoms with Crippen LogP contribution in [0, 0.1) is 0 Å². The van der Waals surface area contributed by atoms with Crippen molar-refractivity contribution in [3.8, 4) is 11.5 Å². The van der Waals surface area contributed by atoms with E-state index in [1.807, 2.05) is 6.92 Å². The van der Waals surface area contributed by atoms with Crippen molar-refractivity contribution >= 4 is 39.5 Å². The molecule has 0 aliphatic carbocycles. The van der Waals surface area contributed by atoms with Crippen LogP contribution in [0.15, 0.2) is 40.9 Å². The number of rotatable bonds is 6. The van der Waals surface area contributed by atoms with Gasteiger partial charge in [0.2, 0.25) is 0 Å². The van der Waals surface area contributed by atoms with Crippen LogP contribution in [0.4, 0.5) is 0 Å². The second kappa shape index (κ2) is 8.87. The van der Waals surface area contributed by atoms with Gasteiger partial charge < -0.3 is 14.2 Å². The standard InChI is InChI=1S/C18H16BrClO5/c1-3-8-24-16-6-4-11(9-14(16)19)17(21)25-15-7-5-12(20)10-13(15)18(22)23-2/h4-7,9-10H,3,8H2,1-2H3. The van der Waals surface area contributed by atoms with E-state index >= 15 is 0 Å². The summed E-state index contributed by atoms with van der Waals surface area (Å²) in [5.41, 5.74) is 0.381. The van der Waals surface area contributed by atoms with Crippen LogP contribution in [0.3, 0.4) is 0 Å². The molecule has 25 heavy (non-hydrogen) atoms. The average molecular weight is 428 g/mol. The first-order valence-corrected chi connectivity index (χ1v) is 8.65. The van der Waals surface area contributed by atoms with Crippen molar-refractivity contribution in [1.82, 2.24) is 0 Å². The first-order chi connectivity index (χ1) is 12.0. The minimum absolute atomic E-state index is 0.0729. The van der Waals surface area contributed by atoms with E-state index < -0.39 is 11.9 Å². The van der Waals surface area contributed by atoms with Gasteiger partial charge in [-0.1, -0.05) is 18.5 Å². The highest BCUT2D eigenvalue weighted by Crippen LogP contribution is 2.28. The number of carbonyl (C=O) groups is 2. The lowest BCUT2D eigenvalue weighted by Crippen LogP contribution is -2.12. The Kier molecular flexibility index (Phi) is 6.84. The van der Waals surface area contributed by atoms with Crippen LogP contribution in [0.5, 0.6) is 11.5 Å². The molecule has 0 saturated carbocycles. The summed E-state index contributed by atoms with van der Waals surface area (Å²) in [4.78, 5) is 24.2. The molecular formula is C18H16BrClO5. The molecule has 0 bridgehead atoms. The van der Waals surface area contributed by atoms with Gasteiger partial charge in [0.15, 0.2) is 0 Å². The van der Waals surface area contributed by atoms with Crippen molar-refractivity contribution in [2.24, 2.45) is 0 Å². The van der Waals surface area contributed by atoms with Gasteiger partial charge in [0, 0.05) is 5.02 Å². The van der Waals surface area contributed by atoms with Gasteiger partial charge in [0.1, 0.15) is 17.1 Å². The summed E-state index contributed by atoms with van der Waals surface area (Å²) in [6, 6.07) is 9.22. The van der Waals surface area contributed by atoms with E-state index in [9.17, 15) is 9.59 Å². The number of methoxy groups -OCH3 is 1. The Labute approximate surface area is 159 Å². The summed E-state index contributed by atoms with van der Waals surface area (Å²) in [5, 5.41) is 0.334. The molecule has 5 nitrogen and oxygen atoms in total. The molecule has 0 saturated heterocycles. The lowest BCUT2D eigenvalue weighted by Gasteiger charge is -2.11. The van der Waals surface area contributed by atoms with Crippen LogP contribution in [0.2, 0.25) is 5.02 Å². The van der Waals surface area contributed by atoms with Gasteiger partial charge in [-0.15, -0.1) is 0 Å². The van der Waals surface area contributed by atoms with E-state index in [1.54, 1.807) is 18.2 Å². The SMILES string of the molecule is CCCOc1ccc(C(=O)Oc2ccc(Cl)cc2C(=O)OC)cc1Br. The zero-order valence-corrected chi connectivity index (χ0v) is 16.0. The third-order valence-electron chi connectivity index (χ3n) is 3.18. The van der Waals surface area contributed by atoms with Crippen LogP contribution in [0.1, 0.15) is 34.1 Å². The highest BCUT2D eigenvalue weighted by Gasteiger charge is 2.18. The Morgan fingerprint density at radius 3 is 2.44 bits per heavy atom. The van der Waals surface area contributed by atoms with Crippen LogP contribution < -0.4 is 9.47 Å². The normalized spacial score (nSPS) is 10.2. The number of benzene rings is 2. The molecule has 0 fully saturated rings. The lowest BCUT2D eigenvalue weighted by molar-refractivity contribution is 0.0593. The van der Waals surface area contributed by atoms with Crippen molar-refractivity contribution in [2.75, 3.05) is 13.7 Å². The second-order valence-corrected chi connectivity index (χ2v) is 6.31. The molecule has 0 heterocycles. The molecule has 0 aromatic heterocycles. The predicted molar refractivity (Wildman–Crippen MR) is 97.7 cm³/mol. The number of hydrogen-bond acceptors (Lipinski definition) is 5. The highest BCUT2D eigenvalue weighted by atomic mass is 79.9. The van der Waals surface area contributed by atoms with E-state index in [2.05, 4.69) is 20.7 Å². The third kappa shape index (κ3) is 4.96. The first kappa shape index (κ1) is 19.3. The van der Waals surface area contributed by atoms with E-state index in [0.717, 1.165) is 6.42 Å². The molecule has 0 aliphatic rings. The molecule has 0 spiro atoms. The van der Waals surface area contributed by atoms with Crippen molar-refractivity contribution in [2.45, 2.75) is 13.3 Å². The summed E-state index contributed by atoms with van der Waals surface area (Å²) < 4.78 is 16.2. The number of halogens is 2. The molecule has 132 valence electrons. The van der Waals surface area contributed by atoms with E-state index in [0.29, 0.717) is 27.4 Å². The first-order valence-electron chi connectivity index (χ1n) is 7.48. The molecule has 2 rings (SSSR count). The zero-order valence-electron chi connectivity index (χ0n) is 13.7. The molecule has 0 aliphatic heterocycles. The Balaban J connectivity index is 2.23. The summed E-state index contributed by atoms with van der Waals surface area (Å²) in [7, 11) is 1.24. The fourth-order valence-electron chi connectivity index (χ4n) is 1.98. The topological polar surface area (TPSA) is 61.8 Å². The maximum absolute atomic E-state index is 12.4. The molecule has 2 aromatic carbocycles. The van der Waals surface area contributed by atoms with E-state index in [4.69, 9.17) is 21.1 Å². The lowest BCUT2D eigenvalue weighted by atomic mass is 10.2. The van der Waals surface area contributed by atoms with Gasteiger partial charge in [0.25, 0.3) is 0 Å². The Bertz CT molecular complexity index is 791. The van der Waals surface area contributed by atoms with Crippen molar-refractivity contribution < 1.29 is 23.8 Å². The largest absolute Gasteiger partial charge is 0.492 e. The predicted octanol–water partition coefficient (Wildman–Crippen LogP) is 4.90. The van der Waals surface area contributed by atoms with Crippen LogP contribution in [-0.4, -0.2) is 25.7 Å². The van der Waals surface area contributed by atoms with Crippen molar-refractivity contribution in [3.05, 3.63) is 57.0 Å². The second-order valence-electron chi connectivity index (χ2n) is 5.02. The van der Waals surface area contributed by atoms with Crippen LogP contribution >= 0.6 is 27.5 Å². The van der Waals surface area contributed by atoms with Gasteiger partial charge in [-0.2, -0.15) is 0 Å². The minimum Gasteiger partial charge on any atom is -0.492 e. The number of hydrogen-bond donors (Lipinski definition) is 0. The Hall–Kier alpha value is -2.05. The van der Waals surface area contributed by atoms with Crippen molar-refractivity contribution in [1.29, 1.82) is 0 Å². The summed E-state index contributed by atoms with van der Waals surface area (Å²) in [6.07, 6.45) is 0.878. The highest BCUT2D eigenvalue weighted by molar-refractivity contribution is 9.10. The maximum Gasteiger partial charge on any atom is 0.343 e. The van der Waals surface area contributed by atoms with Gasteiger partial charge in [-0.25, -0.2) is 9.59 Å². The number of esters is 2. The number of ether oxygens (including phenoxy) is 3. The van der Waals surface area contributed by atoms with Gasteiger partial charge in [-0.05, 0) is 58.7 Å². The summed E-state index contributed by atoms with van der Waals surface area (Å²) >= 11 is 9.25. The molecule has 0 N–H and O–H groups in total. The third-order valence-corrected chi connectivity index (χ3v) is 4.03. The smallest absolute Gasteiger partial charge is 0.343 e. The molecular weight excluding hydrogens is 412 g/mol. The summed E-state index contributed by atoms with van der Waals surface area (Å²) in [6.45, 7) is 2.58. The Morgan fingerprint density at radius 1 is 1.08 bits per heavy atom. The molecule has 2 aromatic rings. The number of carbonyl (C=O) groups excluding carboxylic acids is 2. The van der Waals surface area contributed by atoms with Crippen LogP contribution in [0.25, 0.3) is 0 Å². The molecule has 7 heteroatoms. The van der Waals surface area contributed by atoms with Crippen molar-refractivity contribution in [3.63, 3.8) is 0 Å². The quantitative estimate of drug-likeness (QED) is 0.485. The van der Waals surface area contributed by atoms with Gasteiger partial charge in [0.05, 0.1) is 23.8 Å². The maximum atomic E-state index is 12.4. The summed E-state index contributed by atoms with van der Waals surface area (Å²) in [5.74, 6) is -0.547. The zero-order chi connectivity index (χ0) is 18.4.